The van der Waals surface area contributed by atoms with Gasteiger partial charge in [0.15, 0.2) is 4.77 Å². The molecule has 1 unspecified atom stereocenters. The summed E-state index contributed by atoms with van der Waals surface area (Å²) in [5.74, 6) is -0.853. The molecule has 2 N–H and O–H groups in total. The molecule has 124 valence electrons. The van der Waals surface area contributed by atoms with Gasteiger partial charge in [0.2, 0.25) is 0 Å². The number of carboxylic acid groups (broad SMARTS) is 1. The highest BCUT2D eigenvalue weighted by molar-refractivity contribution is 7.71. The number of aromatic amines is 1. The van der Waals surface area contributed by atoms with Crippen LogP contribution in [-0.4, -0.2) is 20.6 Å². The number of nitrogens with one attached hydrogen (secondary N) is 1. The molecule has 0 amide bonds. The van der Waals surface area contributed by atoms with Gasteiger partial charge in [-0.05, 0) is 55.8 Å². The highest BCUT2D eigenvalue weighted by Gasteiger charge is 2.27. The Bertz CT molecular complexity index is 876. The van der Waals surface area contributed by atoms with E-state index in [2.05, 4.69) is 4.98 Å². The molecule has 0 fully saturated rings. The molecule has 1 aliphatic rings. The van der Waals surface area contributed by atoms with Crippen molar-refractivity contribution in [3.8, 4) is 0 Å². The Kier molecular flexibility index (Phi) is 4.42. The number of hydrogen-bond acceptors (Lipinski definition) is 4. The minimum atomic E-state index is -1.01. The summed E-state index contributed by atoms with van der Waals surface area (Å²) in [5, 5.41) is 10.2. The Labute approximate surface area is 143 Å². The maximum Gasteiger partial charge on any atom is 0.326 e. The lowest BCUT2D eigenvalue weighted by molar-refractivity contribution is -0.141. The third kappa shape index (κ3) is 2.87. The van der Waals surface area contributed by atoms with E-state index in [1.54, 1.807) is 11.3 Å². The second kappa shape index (κ2) is 6.20. The van der Waals surface area contributed by atoms with Gasteiger partial charge >= 0.3 is 5.97 Å². The smallest absolute Gasteiger partial charge is 0.326 e. The van der Waals surface area contributed by atoms with E-state index >= 15 is 0 Å². The molecule has 23 heavy (non-hydrogen) atoms. The Hall–Kier alpha value is -1.47. The average Bonchev–Trinajstić information content (AvgIpc) is 2.83. The van der Waals surface area contributed by atoms with Crippen molar-refractivity contribution in [3.63, 3.8) is 0 Å². The first-order valence-electron chi connectivity index (χ1n) is 7.92. The molecule has 2 heterocycles. The SMILES string of the molecule is CC(C)CC(C(=O)O)n1c(=S)[nH]c2sc3c(c2c1=O)CCCC3. The first-order valence-corrected chi connectivity index (χ1v) is 9.14. The number of aromatic nitrogens is 2. The second-order valence-electron chi connectivity index (χ2n) is 6.50. The van der Waals surface area contributed by atoms with Gasteiger partial charge in [-0.2, -0.15) is 0 Å². The number of carboxylic acids is 1. The molecule has 0 radical (unpaired) electrons. The molecule has 0 aliphatic heterocycles. The molecule has 1 aliphatic carbocycles. The van der Waals surface area contributed by atoms with Crippen LogP contribution >= 0.6 is 23.6 Å². The molecule has 0 bridgehead atoms. The Morgan fingerprint density at radius 3 is 2.74 bits per heavy atom. The van der Waals surface area contributed by atoms with E-state index in [1.165, 1.54) is 9.44 Å². The van der Waals surface area contributed by atoms with Crippen LogP contribution in [0, 0.1) is 10.7 Å². The van der Waals surface area contributed by atoms with Crippen LogP contribution in [0.5, 0.6) is 0 Å². The van der Waals surface area contributed by atoms with Gasteiger partial charge in [-0.25, -0.2) is 4.79 Å². The number of H-pyrrole nitrogens is 1. The molecule has 0 saturated carbocycles. The molecule has 1 atom stereocenters. The fourth-order valence-corrected chi connectivity index (χ4v) is 4.95. The topological polar surface area (TPSA) is 75.1 Å². The number of carbonyl (C=O) groups is 1. The highest BCUT2D eigenvalue weighted by Crippen LogP contribution is 2.34. The summed E-state index contributed by atoms with van der Waals surface area (Å²) in [5.41, 5.74) is 0.839. The lowest BCUT2D eigenvalue weighted by Crippen LogP contribution is -2.32. The number of nitrogens with zero attached hydrogens (tertiary/aromatic N) is 1. The maximum absolute atomic E-state index is 13.0. The van der Waals surface area contributed by atoms with Crippen LogP contribution in [0.4, 0.5) is 0 Å². The van der Waals surface area contributed by atoms with Crippen molar-refractivity contribution in [1.82, 2.24) is 9.55 Å². The van der Waals surface area contributed by atoms with Gasteiger partial charge in [0.05, 0.1) is 5.39 Å². The summed E-state index contributed by atoms with van der Waals surface area (Å²) in [4.78, 5) is 29.8. The summed E-state index contributed by atoms with van der Waals surface area (Å²) in [6.45, 7) is 3.89. The van der Waals surface area contributed by atoms with Gasteiger partial charge < -0.3 is 10.1 Å². The van der Waals surface area contributed by atoms with Crippen LogP contribution in [-0.2, 0) is 17.6 Å². The van der Waals surface area contributed by atoms with Gasteiger partial charge in [-0.15, -0.1) is 11.3 Å². The van der Waals surface area contributed by atoms with E-state index in [0.717, 1.165) is 36.1 Å². The molecule has 0 spiro atoms. The molecule has 5 nitrogen and oxygen atoms in total. The van der Waals surface area contributed by atoms with Crippen molar-refractivity contribution in [1.29, 1.82) is 0 Å². The molecular formula is C16H20N2O3S2. The average molecular weight is 352 g/mol. The van der Waals surface area contributed by atoms with E-state index < -0.39 is 12.0 Å². The zero-order valence-electron chi connectivity index (χ0n) is 13.2. The standard InChI is InChI=1S/C16H20N2O3S2/c1-8(2)7-10(15(20)21)18-14(19)12-9-5-3-4-6-11(9)23-13(12)17-16(18)22/h8,10H,3-7H2,1-2H3,(H,17,22)(H,20,21). The molecule has 2 aromatic rings. The quantitative estimate of drug-likeness (QED) is 0.823. The predicted molar refractivity (Wildman–Crippen MR) is 94.0 cm³/mol. The Morgan fingerprint density at radius 1 is 1.39 bits per heavy atom. The van der Waals surface area contributed by atoms with Crippen molar-refractivity contribution < 1.29 is 9.90 Å². The van der Waals surface area contributed by atoms with Crippen LogP contribution < -0.4 is 5.56 Å². The molecular weight excluding hydrogens is 332 g/mol. The van der Waals surface area contributed by atoms with Crippen LogP contribution in [0.1, 0.15) is 49.6 Å². The summed E-state index contributed by atoms with van der Waals surface area (Å²) < 4.78 is 1.47. The summed E-state index contributed by atoms with van der Waals surface area (Å²) in [6.07, 6.45) is 4.47. The first kappa shape index (κ1) is 16.4. The lowest BCUT2D eigenvalue weighted by Gasteiger charge is -2.18. The van der Waals surface area contributed by atoms with Gasteiger partial charge in [-0.3, -0.25) is 9.36 Å². The molecule has 0 aromatic carbocycles. The van der Waals surface area contributed by atoms with Gasteiger partial charge in [-0.1, -0.05) is 13.8 Å². The molecule has 2 aromatic heterocycles. The number of hydrogen-bond donors (Lipinski definition) is 2. The van der Waals surface area contributed by atoms with Gasteiger partial charge in [0, 0.05) is 4.88 Å². The highest BCUT2D eigenvalue weighted by atomic mass is 32.1. The zero-order valence-corrected chi connectivity index (χ0v) is 14.9. The number of fused-ring (bicyclic) bond motifs is 3. The van der Waals surface area contributed by atoms with E-state index in [9.17, 15) is 14.7 Å². The van der Waals surface area contributed by atoms with Crippen molar-refractivity contribution in [2.45, 2.75) is 52.0 Å². The second-order valence-corrected chi connectivity index (χ2v) is 8.00. The van der Waals surface area contributed by atoms with E-state index in [-0.39, 0.29) is 16.2 Å². The van der Waals surface area contributed by atoms with Crippen LogP contribution in [0.2, 0.25) is 0 Å². The Morgan fingerprint density at radius 2 is 2.09 bits per heavy atom. The van der Waals surface area contributed by atoms with Crippen LogP contribution in [0.3, 0.4) is 0 Å². The summed E-state index contributed by atoms with van der Waals surface area (Å²) >= 11 is 6.89. The third-order valence-corrected chi connectivity index (χ3v) is 5.84. The first-order chi connectivity index (χ1) is 10.9. The minimum absolute atomic E-state index is 0.157. The van der Waals surface area contributed by atoms with Crippen molar-refractivity contribution in [2.75, 3.05) is 0 Å². The van der Waals surface area contributed by atoms with Gasteiger partial charge in [0.1, 0.15) is 10.9 Å². The normalized spacial score (nSPS) is 15.8. The monoisotopic (exact) mass is 352 g/mol. The maximum atomic E-state index is 13.0. The van der Waals surface area contributed by atoms with E-state index in [0.29, 0.717) is 11.8 Å². The predicted octanol–water partition coefficient (Wildman–Crippen LogP) is 3.67. The number of rotatable bonds is 4. The van der Waals surface area contributed by atoms with Crippen LogP contribution in [0.15, 0.2) is 4.79 Å². The molecule has 7 heteroatoms. The third-order valence-electron chi connectivity index (χ3n) is 4.33. The summed E-state index contributed by atoms with van der Waals surface area (Å²) in [6, 6.07) is -0.921. The fourth-order valence-electron chi connectivity index (χ4n) is 3.30. The number of aryl methyl sites for hydroxylation is 2. The van der Waals surface area contributed by atoms with Crippen LogP contribution in [0.25, 0.3) is 10.2 Å². The van der Waals surface area contributed by atoms with E-state index in [1.807, 2.05) is 13.8 Å². The largest absolute Gasteiger partial charge is 0.480 e. The van der Waals surface area contributed by atoms with Gasteiger partial charge in [0.25, 0.3) is 5.56 Å². The Balaban J connectivity index is 2.27. The van der Waals surface area contributed by atoms with E-state index in [4.69, 9.17) is 12.2 Å². The molecule has 0 saturated heterocycles. The molecule has 3 rings (SSSR count). The zero-order chi connectivity index (χ0) is 16.7. The minimum Gasteiger partial charge on any atom is -0.480 e. The summed E-state index contributed by atoms with van der Waals surface area (Å²) in [7, 11) is 0. The van der Waals surface area contributed by atoms with Crippen molar-refractivity contribution in [2.24, 2.45) is 5.92 Å². The fraction of sp³-hybridized carbons (Fsp3) is 0.562. The lowest BCUT2D eigenvalue weighted by atomic mass is 9.97. The number of aliphatic carboxylic acids is 1. The van der Waals surface area contributed by atoms with Crippen molar-refractivity contribution >= 4 is 39.7 Å². The number of thiophene rings is 1. The van der Waals surface area contributed by atoms with Crippen molar-refractivity contribution in [3.05, 3.63) is 25.6 Å².